The minimum absolute atomic E-state index is 0.483. The zero-order valence-electron chi connectivity index (χ0n) is 12.6. The Morgan fingerprint density at radius 1 is 1.06 bits per heavy atom. The van der Waals surface area contributed by atoms with Crippen LogP contribution in [-0.2, 0) is 8.85 Å². The van der Waals surface area contributed by atoms with E-state index >= 15 is 0 Å². The second-order valence-corrected chi connectivity index (χ2v) is 8.34. The first kappa shape index (κ1) is 16.2. The van der Waals surface area contributed by atoms with Crippen LogP contribution in [0.25, 0.3) is 0 Å². The zero-order chi connectivity index (χ0) is 13.4. The molecule has 3 nitrogen and oxygen atoms in total. The van der Waals surface area contributed by atoms with E-state index in [-0.39, 0.29) is 0 Å². The summed E-state index contributed by atoms with van der Waals surface area (Å²) in [7, 11) is -2.23. The molecule has 0 spiro atoms. The lowest BCUT2D eigenvalue weighted by Gasteiger charge is -2.40. The molecule has 1 aliphatic rings. The lowest BCUT2D eigenvalue weighted by molar-refractivity contribution is 0.148. The largest absolute Gasteiger partial charge is 0.428 e. The number of hydrogen-bond acceptors (Lipinski definition) is 3. The van der Waals surface area contributed by atoms with Gasteiger partial charge in [0.1, 0.15) is 0 Å². The minimum Gasteiger partial charge on any atom is -0.383 e. The Hall–Kier alpha value is 0.0969. The van der Waals surface area contributed by atoms with E-state index in [2.05, 4.69) is 32.7 Å². The third-order valence-electron chi connectivity index (χ3n) is 3.92. The van der Waals surface area contributed by atoms with Crippen LogP contribution >= 0.6 is 0 Å². The van der Waals surface area contributed by atoms with Crippen LogP contribution in [-0.4, -0.2) is 28.0 Å². The normalized spacial score (nSPS) is 20.0. The molecule has 1 N–H and O–H groups in total. The van der Waals surface area contributed by atoms with Gasteiger partial charge in [0.25, 0.3) is 0 Å². The van der Waals surface area contributed by atoms with Gasteiger partial charge in [-0.25, -0.2) is 0 Å². The van der Waals surface area contributed by atoms with Crippen molar-refractivity contribution in [2.24, 2.45) is 0 Å². The van der Waals surface area contributed by atoms with Crippen LogP contribution in [0, 0.1) is 0 Å². The molecule has 0 bridgehead atoms. The Morgan fingerprint density at radius 3 is 2.06 bits per heavy atom. The van der Waals surface area contributed by atoms with Crippen LogP contribution in [0.4, 0.5) is 0 Å². The van der Waals surface area contributed by atoms with Crippen LogP contribution in [0.3, 0.4) is 0 Å². The maximum absolute atomic E-state index is 6.19. The van der Waals surface area contributed by atoms with Crippen LogP contribution in [0.2, 0.25) is 5.54 Å². The van der Waals surface area contributed by atoms with Gasteiger partial charge in [-0.1, -0.05) is 33.1 Å². The summed E-state index contributed by atoms with van der Waals surface area (Å²) in [5, 5.41) is 0. The van der Waals surface area contributed by atoms with Crippen molar-refractivity contribution in [2.45, 2.75) is 77.8 Å². The van der Waals surface area contributed by atoms with E-state index in [1.54, 1.807) is 0 Å². The quantitative estimate of drug-likeness (QED) is 0.684. The van der Waals surface area contributed by atoms with Crippen molar-refractivity contribution in [1.29, 1.82) is 0 Å². The summed E-state index contributed by atoms with van der Waals surface area (Å²) in [4.78, 5) is 3.75. The van der Waals surface area contributed by atoms with Gasteiger partial charge in [0.15, 0.2) is 0 Å². The molecule has 108 valence electrons. The molecule has 4 heteroatoms. The number of hydrogen-bond donors (Lipinski definition) is 1. The summed E-state index contributed by atoms with van der Waals surface area (Å²) in [6, 6.07) is 0.483. The molecule has 0 saturated heterocycles. The molecular formula is C14H31NO2Si. The molecule has 18 heavy (non-hydrogen) atoms. The van der Waals surface area contributed by atoms with E-state index in [4.69, 9.17) is 8.85 Å². The predicted molar refractivity (Wildman–Crippen MR) is 78.7 cm³/mol. The Kier molecular flexibility index (Phi) is 7.45. The molecule has 1 atom stereocenters. The highest BCUT2D eigenvalue weighted by molar-refractivity contribution is 6.66. The summed E-state index contributed by atoms with van der Waals surface area (Å²) in [6.45, 7) is 10.1. The fraction of sp³-hybridized carbons (Fsp3) is 1.00. The summed E-state index contributed by atoms with van der Waals surface area (Å²) < 4.78 is 12.4. The topological polar surface area (TPSA) is 30.5 Å². The second kappa shape index (κ2) is 8.30. The summed E-state index contributed by atoms with van der Waals surface area (Å²) >= 11 is 0. The van der Waals surface area contributed by atoms with E-state index in [1.165, 1.54) is 32.1 Å². The van der Waals surface area contributed by atoms with Crippen molar-refractivity contribution in [3.8, 4) is 0 Å². The van der Waals surface area contributed by atoms with Gasteiger partial charge in [0.2, 0.25) is 0 Å². The van der Waals surface area contributed by atoms with E-state index < -0.39 is 8.72 Å². The van der Waals surface area contributed by atoms with Crippen molar-refractivity contribution in [1.82, 2.24) is 4.98 Å². The highest BCUT2D eigenvalue weighted by atomic mass is 28.4. The molecule has 1 rings (SSSR count). The third-order valence-corrected chi connectivity index (χ3v) is 7.90. The monoisotopic (exact) mass is 273 g/mol. The lowest BCUT2D eigenvalue weighted by Crippen LogP contribution is -2.62. The van der Waals surface area contributed by atoms with E-state index in [9.17, 15) is 0 Å². The van der Waals surface area contributed by atoms with Gasteiger partial charge in [0, 0.05) is 24.8 Å². The predicted octanol–water partition coefficient (Wildman–Crippen LogP) is 3.72. The molecule has 1 fully saturated rings. The highest BCUT2D eigenvalue weighted by Crippen LogP contribution is 2.37. The summed E-state index contributed by atoms with van der Waals surface area (Å²) in [6.07, 6.45) is 7.72. The molecule has 0 aromatic carbocycles. The smallest absolute Gasteiger partial charge is 0.383 e. The molecular weight excluding hydrogens is 242 g/mol. The molecule has 0 aliphatic heterocycles. The van der Waals surface area contributed by atoms with E-state index in [1.807, 2.05) is 0 Å². The summed E-state index contributed by atoms with van der Waals surface area (Å²) in [5.74, 6) is 0. The van der Waals surface area contributed by atoms with Crippen molar-refractivity contribution in [2.75, 3.05) is 13.2 Å². The SMILES string of the molecule is CCO[Si](NC(C)CC)(OCC)C1CCCCC1. The molecule has 0 amide bonds. The van der Waals surface area contributed by atoms with Crippen molar-refractivity contribution in [3.05, 3.63) is 0 Å². The van der Waals surface area contributed by atoms with E-state index in [0.717, 1.165) is 19.6 Å². The average molecular weight is 273 g/mol. The standard InChI is InChI=1S/C14H31NO2Si/c1-5-13(4)15-18(16-6-2,17-7-3)14-11-9-8-10-12-14/h13-15H,5-12H2,1-4H3. The van der Waals surface area contributed by atoms with Gasteiger partial charge in [-0.3, -0.25) is 4.98 Å². The van der Waals surface area contributed by atoms with Crippen LogP contribution < -0.4 is 4.98 Å². The Morgan fingerprint density at radius 2 is 1.61 bits per heavy atom. The molecule has 0 heterocycles. The molecule has 0 radical (unpaired) electrons. The van der Waals surface area contributed by atoms with E-state index in [0.29, 0.717) is 11.6 Å². The van der Waals surface area contributed by atoms with Gasteiger partial charge < -0.3 is 8.85 Å². The Labute approximate surface area is 114 Å². The lowest BCUT2D eigenvalue weighted by atomic mass is 10.0. The van der Waals surface area contributed by atoms with Gasteiger partial charge in [-0.2, -0.15) is 0 Å². The Balaban J connectivity index is 2.79. The first-order chi connectivity index (χ1) is 8.68. The Bertz CT molecular complexity index is 214. The fourth-order valence-corrected chi connectivity index (χ4v) is 6.71. The average Bonchev–Trinajstić information content (AvgIpc) is 2.40. The van der Waals surface area contributed by atoms with Crippen LogP contribution in [0.1, 0.15) is 66.2 Å². The molecule has 1 saturated carbocycles. The van der Waals surface area contributed by atoms with Gasteiger partial charge in [0.05, 0.1) is 0 Å². The maximum Gasteiger partial charge on any atom is 0.428 e. The van der Waals surface area contributed by atoms with Crippen molar-refractivity contribution in [3.63, 3.8) is 0 Å². The fourth-order valence-electron chi connectivity index (χ4n) is 2.84. The number of rotatable bonds is 8. The minimum atomic E-state index is -2.23. The third kappa shape index (κ3) is 4.33. The van der Waals surface area contributed by atoms with Crippen LogP contribution in [0.15, 0.2) is 0 Å². The summed E-state index contributed by atoms with van der Waals surface area (Å²) in [5.41, 5.74) is 0.625. The first-order valence-electron chi connectivity index (χ1n) is 7.74. The molecule has 0 aromatic rings. The van der Waals surface area contributed by atoms with Crippen molar-refractivity contribution < 1.29 is 8.85 Å². The number of nitrogens with one attached hydrogen (secondary N) is 1. The van der Waals surface area contributed by atoms with Gasteiger partial charge in [-0.15, -0.1) is 0 Å². The molecule has 1 aliphatic carbocycles. The first-order valence-corrected chi connectivity index (χ1v) is 9.63. The van der Waals surface area contributed by atoms with Crippen molar-refractivity contribution >= 4 is 8.72 Å². The van der Waals surface area contributed by atoms with Gasteiger partial charge >= 0.3 is 8.72 Å². The highest BCUT2D eigenvalue weighted by Gasteiger charge is 2.47. The molecule has 0 aromatic heterocycles. The van der Waals surface area contributed by atoms with Crippen LogP contribution in [0.5, 0.6) is 0 Å². The molecule has 1 unspecified atom stereocenters. The second-order valence-electron chi connectivity index (χ2n) is 5.32. The van der Waals surface area contributed by atoms with Gasteiger partial charge in [-0.05, 0) is 33.1 Å². The zero-order valence-corrected chi connectivity index (χ0v) is 13.6. The maximum atomic E-state index is 6.19.